The van der Waals surface area contributed by atoms with Gasteiger partial charge in [-0.25, -0.2) is 9.78 Å². The molecule has 19 heavy (non-hydrogen) atoms. The first-order valence-electron chi connectivity index (χ1n) is 5.62. The molecule has 100 valence electrons. The number of methoxy groups -OCH3 is 1. The first-order valence-corrected chi connectivity index (χ1v) is 6.49. The normalized spacial score (nSPS) is 10.2. The van der Waals surface area contributed by atoms with Gasteiger partial charge in [-0.15, -0.1) is 11.3 Å². The lowest BCUT2D eigenvalue weighted by molar-refractivity contribution is 0.0473. The van der Waals surface area contributed by atoms with Crippen LogP contribution in [0.25, 0.3) is 0 Å². The fourth-order valence-corrected chi connectivity index (χ4v) is 2.20. The van der Waals surface area contributed by atoms with Crippen molar-refractivity contribution in [3.05, 3.63) is 39.8 Å². The third kappa shape index (κ3) is 3.23. The predicted molar refractivity (Wildman–Crippen MR) is 73.4 cm³/mol. The number of nitrogens with zero attached hydrogens (tertiary/aromatic N) is 1. The summed E-state index contributed by atoms with van der Waals surface area (Å²) in [6.07, 6.45) is 0. The molecule has 0 bridgehead atoms. The Morgan fingerprint density at radius 3 is 2.89 bits per heavy atom. The predicted octanol–water partition coefficient (Wildman–Crippen LogP) is 2.40. The van der Waals surface area contributed by atoms with Crippen LogP contribution in [-0.2, 0) is 11.3 Å². The largest absolute Gasteiger partial charge is 0.497 e. The SMILES string of the molecule is COc1ccc(N)c(C(=O)OCc2nc(C)cs2)c1. The van der Waals surface area contributed by atoms with Gasteiger partial charge < -0.3 is 15.2 Å². The van der Waals surface area contributed by atoms with Gasteiger partial charge in [0.15, 0.2) is 0 Å². The van der Waals surface area contributed by atoms with E-state index in [-0.39, 0.29) is 6.61 Å². The second-order valence-corrected chi connectivity index (χ2v) is 4.85. The third-order valence-corrected chi connectivity index (χ3v) is 3.41. The van der Waals surface area contributed by atoms with Crippen molar-refractivity contribution in [1.29, 1.82) is 0 Å². The number of nitrogen functional groups attached to an aromatic ring is 1. The quantitative estimate of drug-likeness (QED) is 0.686. The molecule has 6 heteroatoms. The standard InChI is InChI=1S/C13H14N2O3S/c1-8-7-19-12(15-8)6-18-13(16)10-5-9(17-2)3-4-11(10)14/h3-5,7H,6,14H2,1-2H3. The molecule has 0 saturated carbocycles. The van der Waals surface area contributed by atoms with Crippen molar-refractivity contribution in [2.75, 3.05) is 12.8 Å². The Kier molecular flexibility index (Phi) is 4.01. The van der Waals surface area contributed by atoms with Crippen LogP contribution < -0.4 is 10.5 Å². The molecule has 1 heterocycles. The minimum absolute atomic E-state index is 0.147. The van der Waals surface area contributed by atoms with Crippen LogP contribution in [-0.4, -0.2) is 18.1 Å². The van der Waals surface area contributed by atoms with E-state index in [1.165, 1.54) is 18.4 Å². The molecule has 2 rings (SSSR count). The third-order valence-electron chi connectivity index (χ3n) is 2.47. The Hall–Kier alpha value is -2.08. The van der Waals surface area contributed by atoms with Crippen LogP contribution in [0.1, 0.15) is 21.1 Å². The van der Waals surface area contributed by atoms with Gasteiger partial charge in [0.25, 0.3) is 0 Å². The number of anilines is 1. The minimum atomic E-state index is -0.482. The Bertz CT molecular complexity index is 595. The molecule has 0 radical (unpaired) electrons. The number of aromatic nitrogens is 1. The highest BCUT2D eigenvalue weighted by molar-refractivity contribution is 7.09. The molecule has 0 unspecified atom stereocenters. The van der Waals surface area contributed by atoms with Crippen LogP contribution in [0.2, 0.25) is 0 Å². The van der Waals surface area contributed by atoms with Gasteiger partial charge in [0.1, 0.15) is 17.4 Å². The second-order valence-electron chi connectivity index (χ2n) is 3.91. The summed E-state index contributed by atoms with van der Waals surface area (Å²) in [6.45, 7) is 2.04. The number of rotatable bonds is 4. The first kappa shape index (κ1) is 13.4. The number of carbonyl (C=O) groups excluding carboxylic acids is 1. The van der Waals surface area contributed by atoms with Crippen molar-refractivity contribution in [3.63, 3.8) is 0 Å². The summed E-state index contributed by atoms with van der Waals surface area (Å²) in [5.41, 5.74) is 7.32. The average molecular weight is 278 g/mol. The highest BCUT2D eigenvalue weighted by Crippen LogP contribution is 2.21. The molecular weight excluding hydrogens is 264 g/mol. The molecule has 0 aliphatic heterocycles. The van der Waals surface area contributed by atoms with Gasteiger partial charge in [0.05, 0.1) is 12.7 Å². The molecule has 1 aromatic heterocycles. The van der Waals surface area contributed by atoms with Crippen LogP contribution in [0.15, 0.2) is 23.6 Å². The summed E-state index contributed by atoms with van der Waals surface area (Å²) < 4.78 is 10.2. The van der Waals surface area contributed by atoms with Gasteiger partial charge in [0.2, 0.25) is 0 Å². The van der Waals surface area contributed by atoms with E-state index in [2.05, 4.69) is 4.98 Å². The Morgan fingerprint density at radius 1 is 1.47 bits per heavy atom. The van der Waals surface area contributed by atoms with Crippen molar-refractivity contribution < 1.29 is 14.3 Å². The van der Waals surface area contributed by atoms with Crippen LogP contribution in [0.3, 0.4) is 0 Å². The average Bonchev–Trinajstić information content (AvgIpc) is 2.82. The number of carbonyl (C=O) groups is 1. The second kappa shape index (κ2) is 5.71. The van der Waals surface area contributed by atoms with E-state index >= 15 is 0 Å². The van der Waals surface area contributed by atoms with Gasteiger partial charge in [-0.3, -0.25) is 0 Å². The van der Waals surface area contributed by atoms with Crippen LogP contribution in [0, 0.1) is 6.92 Å². The Balaban J connectivity index is 2.07. The summed E-state index contributed by atoms with van der Waals surface area (Å²) in [7, 11) is 1.53. The van der Waals surface area contributed by atoms with E-state index < -0.39 is 5.97 Å². The van der Waals surface area contributed by atoms with E-state index in [4.69, 9.17) is 15.2 Å². The van der Waals surface area contributed by atoms with Gasteiger partial charge in [-0.05, 0) is 25.1 Å². The molecule has 0 aliphatic carbocycles. The molecule has 0 aliphatic rings. The van der Waals surface area contributed by atoms with Crippen molar-refractivity contribution in [2.45, 2.75) is 13.5 Å². The Morgan fingerprint density at radius 2 is 2.26 bits per heavy atom. The van der Waals surface area contributed by atoms with Gasteiger partial charge in [0, 0.05) is 16.8 Å². The van der Waals surface area contributed by atoms with Crippen LogP contribution >= 0.6 is 11.3 Å². The maximum absolute atomic E-state index is 11.9. The number of nitrogens with two attached hydrogens (primary N) is 1. The highest BCUT2D eigenvalue weighted by Gasteiger charge is 2.13. The number of benzene rings is 1. The zero-order valence-corrected chi connectivity index (χ0v) is 11.5. The zero-order valence-electron chi connectivity index (χ0n) is 10.7. The fraction of sp³-hybridized carbons (Fsp3) is 0.231. The number of thiazole rings is 1. The molecule has 0 amide bonds. The van der Waals surface area contributed by atoms with E-state index in [1.807, 2.05) is 12.3 Å². The van der Waals surface area contributed by atoms with Crippen molar-refractivity contribution in [3.8, 4) is 5.75 Å². The minimum Gasteiger partial charge on any atom is -0.497 e. The molecule has 2 aromatic rings. The summed E-state index contributed by atoms with van der Waals surface area (Å²) in [4.78, 5) is 16.2. The highest BCUT2D eigenvalue weighted by atomic mass is 32.1. The van der Waals surface area contributed by atoms with Crippen LogP contribution in [0.4, 0.5) is 5.69 Å². The van der Waals surface area contributed by atoms with E-state index in [1.54, 1.807) is 18.2 Å². The maximum Gasteiger partial charge on any atom is 0.340 e. The number of ether oxygens (including phenoxy) is 2. The lowest BCUT2D eigenvalue weighted by atomic mass is 10.2. The molecule has 1 aromatic carbocycles. The summed E-state index contributed by atoms with van der Waals surface area (Å²) >= 11 is 1.45. The fourth-order valence-electron chi connectivity index (χ4n) is 1.51. The number of hydrogen-bond acceptors (Lipinski definition) is 6. The molecule has 0 saturated heterocycles. The van der Waals surface area contributed by atoms with E-state index in [0.717, 1.165) is 10.7 Å². The number of aryl methyl sites for hydroxylation is 1. The molecule has 2 N–H and O–H groups in total. The lowest BCUT2D eigenvalue weighted by Gasteiger charge is -2.07. The van der Waals surface area contributed by atoms with Gasteiger partial charge in [-0.1, -0.05) is 0 Å². The lowest BCUT2D eigenvalue weighted by Crippen LogP contribution is -2.08. The van der Waals surface area contributed by atoms with E-state index in [0.29, 0.717) is 17.0 Å². The monoisotopic (exact) mass is 278 g/mol. The summed E-state index contributed by atoms with van der Waals surface area (Å²) in [5, 5.41) is 2.66. The van der Waals surface area contributed by atoms with Gasteiger partial charge >= 0.3 is 5.97 Å². The Labute approximate surface area is 115 Å². The molecular formula is C13H14N2O3S. The van der Waals surface area contributed by atoms with Crippen molar-refractivity contribution >= 4 is 23.0 Å². The molecule has 0 fully saturated rings. The zero-order chi connectivity index (χ0) is 13.8. The summed E-state index contributed by atoms with van der Waals surface area (Å²) in [6, 6.07) is 4.87. The number of esters is 1. The van der Waals surface area contributed by atoms with Crippen molar-refractivity contribution in [1.82, 2.24) is 4.98 Å². The smallest absolute Gasteiger partial charge is 0.340 e. The number of hydrogen-bond donors (Lipinski definition) is 1. The van der Waals surface area contributed by atoms with Crippen molar-refractivity contribution in [2.24, 2.45) is 0 Å². The van der Waals surface area contributed by atoms with Gasteiger partial charge in [-0.2, -0.15) is 0 Å². The molecule has 5 nitrogen and oxygen atoms in total. The van der Waals surface area contributed by atoms with Crippen LogP contribution in [0.5, 0.6) is 5.75 Å². The van der Waals surface area contributed by atoms with E-state index in [9.17, 15) is 4.79 Å². The summed E-state index contributed by atoms with van der Waals surface area (Å²) in [5.74, 6) is 0.0792. The molecule has 0 spiro atoms. The maximum atomic E-state index is 11.9. The first-order chi connectivity index (χ1) is 9.10. The molecule has 0 atom stereocenters. The topological polar surface area (TPSA) is 74.4 Å².